The van der Waals surface area contributed by atoms with Crippen LogP contribution in [-0.2, 0) is 7.05 Å². The van der Waals surface area contributed by atoms with Crippen molar-refractivity contribution in [3.8, 4) is 0 Å². The zero-order valence-electron chi connectivity index (χ0n) is 11.4. The molecule has 1 N–H and O–H groups in total. The lowest BCUT2D eigenvalue weighted by molar-refractivity contribution is 0.0692. The molecule has 0 spiro atoms. The number of carbonyl (C=O) groups is 1. The molecule has 0 amide bonds. The van der Waals surface area contributed by atoms with Crippen LogP contribution in [0.2, 0.25) is 0 Å². The van der Waals surface area contributed by atoms with Crippen LogP contribution in [0.3, 0.4) is 0 Å². The van der Waals surface area contributed by atoms with Crippen molar-refractivity contribution in [2.24, 2.45) is 7.05 Å². The predicted molar refractivity (Wildman–Crippen MR) is 74.9 cm³/mol. The summed E-state index contributed by atoms with van der Waals surface area (Å²) in [7, 11) is 1.77. The third kappa shape index (κ3) is 2.66. The van der Waals surface area contributed by atoms with Gasteiger partial charge >= 0.3 is 5.97 Å². The maximum absolute atomic E-state index is 11.3. The van der Waals surface area contributed by atoms with E-state index in [9.17, 15) is 9.90 Å². The third-order valence-electron chi connectivity index (χ3n) is 2.93. The van der Waals surface area contributed by atoms with Crippen LogP contribution in [-0.4, -0.2) is 20.9 Å². The average molecular weight is 276 g/mol. The fourth-order valence-electron chi connectivity index (χ4n) is 1.92. The summed E-state index contributed by atoms with van der Waals surface area (Å²) in [6.45, 7) is 5.76. The zero-order valence-corrected chi connectivity index (χ0v) is 12.2. The molecule has 0 bridgehead atoms. The molecule has 0 aliphatic rings. The summed E-state index contributed by atoms with van der Waals surface area (Å²) in [6.07, 6.45) is 0. The molecule has 2 rings (SSSR count). The van der Waals surface area contributed by atoms with Crippen molar-refractivity contribution in [2.45, 2.75) is 30.7 Å². The maximum Gasteiger partial charge on any atom is 0.340 e. The van der Waals surface area contributed by atoms with Gasteiger partial charge in [0.05, 0.1) is 5.69 Å². The Balaban J connectivity index is 2.49. The SMILES string of the molecule is Cc1ccc(C)c(Sc2c(C(=O)O)c(C)nn2C)c1. The molecule has 0 unspecified atom stereocenters. The molecule has 19 heavy (non-hydrogen) atoms. The van der Waals surface area contributed by atoms with Crippen molar-refractivity contribution in [3.63, 3.8) is 0 Å². The molecule has 0 aliphatic heterocycles. The smallest absolute Gasteiger partial charge is 0.340 e. The van der Waals surface area contributed by atoms with E-state index in [1.54, 1.807) is 18.7 Å². The number of aryl methyl sites for hydroxylation is 4. The quantitative estimate of drug-likeness (QED) is 0.935. The lowest BCUT2D eigenvalue weighted by Crippen LogP contribution is -2.00. The first-order chi connectivity index (χ1) is 8.90. The van der Waals surface area contributed by atoms with E-state index < -0.39 is 5.97 Å². The summed E-state index contributed by atoms with van der Waals surface area (Å²) in [6, 6.07) is 6.15. The van der Waals surface area contributed by atoms with Crippen LogP contribution in [0.5, 0.6) is 0 Å². The molecule has 1 aromatic carbocycles. The van der Waals surface area contributed by atoms with Gasteiger partial charge in [-0.05, 0) is 38.0 Å². The standard InChI is InChI=1S/C14H16N2O2S/c1-8-5-6-9(2)11(7-8)19-13-12(14(17)18)10(3)15-16(13)4/h5-7H,1-4H3,(H,17,18). The van der Waals surface area contributed by atoms with Gasteiger partial charge in [0.25, 0.3) is 0 Å². The first-order valence-corrected chi connectivity index (χ1v) is 6.73. The van der Waals surface area contributed by atoms with E-state index >= 15 is 0 Å². The number of aromatic nitrogens is 2. The highest BCUT2D eigenvalue weighted by atomic mass is 32.2. The molecule has 0 radical (unpaired) electrons. The monoisotopic (exact) mass is 276 g/mol. The molecule has 1 aromatic heterocycles. The van der Waals surface area contributed by atoms with Crippen LogP contribution in [0.1, 0.15) is 27.2 Å². The van der Waals surface area contributed by atoms with Gasteiger partial charge in [0.1, 0.15) is 10.6 Å². The van der Waals surface area contributed by atoms with Crippen molar-refractivity contribution in [2.75, 3.05) is 0 Å². The molecule has 0 fully saturated rings. The van der Waals surface area contributed by atoms with Crippen LogP contribution in [0, 0.1) is 20.8 Å². The molecule has 2 aromatic rings. The van der Waals surface area contributed by atoms with E-state index in [2.05, 4.69) is 11.2 Å². The second kappa shape index (κ2) is 5.09. The molecule has 0 saturated heterocycles. The molecule has 100 valence electrons. The van der Waals surface area contributed by atoms with Crippen molar-refractivity contribution in [1.82, 2.24) is 9.78 Å². The molecule has 1 heterocycles. The third-order valence-corrected chi connectivity index (χ3v) is 4.26. The number of rotatable bonds is 3. The zero-order chi connectivity index (χ0) is 14.2. The Morgan fingerprint density at radius 3 is 2.63 bits per heavy atom. The number of carboxylic acids is 1. The molecule has 0 aliphatic carbocycles. The number of nitrogens with zero attached hydrogens (tertiary/aromatic N) is 2. The van der Waals surface area contributed by atoms with Gasteiger partial charge in [-0.3, -0.25) is 4.68 Å². The van der Waals surface area contributed by atoms with E-state index in [1.807, 2.05) is 26.0 Å². The lowest BCUT2D eigenvalue weighted by atomic mass is 10.2. The summed E-state index contributed by atoms with van der Waals surface area (Å²) in [5.41, 5.74) is 3.12. The van der Waals surface area contributed by atoms with Crippen LogP contribution < -0.4 is 0 Å². The van der Waals surface area contributed by atoms with Gasteiger partial charge in [-0.25, -0.2) is 4.79 Å². The van der Waals surface area contributed by atoms with Crippen molar-refractivity contribution < 1.29 is 9.90 Å². The van der Waals surface area contributed by atoms with Gasteiger partial charge in [0, 0.05) is 11.9 Å². The summed E-state index contributed by atoms with van der Waals surface area (Å²) in [5, 5.41) is 14.2. The largest absolute Gasteiger partial charge is 0.478 e. The van der Waals surface area contributed by atoms with Crippen molar-refractivity contribution in [3.05, 3.63) is 40.6 Å². The summed E-state index contributed by atoms with van der Waals surface area (Å²) < 4.78 is 1.63. The van der Waals surface area contributed by atoms with Crippen molar-refractivity contribution >= 4 is 17.7 Å². The Hall–Kier alpha value is -1.75. The van der Waals surface area contributed by atoms with Gasteiger partial charge in [0.2, 0.25) is 0 Å². The van der Waals surface area contributed by atoms with E-state index in [0.717, 1.165) is 16.0 Å². The van der Waals surface area contributed by atoms with Crippen LogP contribution in [0.15, 0.2) is 28.1 Å². The predicted octanol–water partition coefficient (Wildman–Crippen LogP) is 3.19. The average Bonchev–Trinajstić information content (AvgIpc) is 2.59. The minimum Gasteiger partial charge on any atom is -0.478 e. The highest BCUT2D eigenvalue weighted by Gasteiger charge is 2.20. The van der Waals surface area contributed by atoms with Gasteiger partial charge in [-0.15, -0.1) is 0 Å². The fourth-order valence-corrected chi connectivity index (χ4v) is 3.11. The molecular weight excluding hydrogens is 260 g/mol. The molecule has 4 nitrogen and oxygen atoms in total. The Bertz CT molecular complexity index is 647. The first-order valence-electron chi connectivity index (χ1n) is 5.92. The second-order valence-electron chi connectivity index (χ2n) is 4.57. The Morgan fingerprint density at radius 1 is 1.32 bits per heavy atom. The Labute approximate surface area is 116 Å². The summed E-state index contributed by atoms with van der Waals surface area (Å²) in [4.78, 5) is 12.4. The van der Waals surface area contributed by atoms with E-state index in [0.29, 0.717) is 10.7 Å². The highest BCUT2D eigenvalue weighted by molar-refractivity contribution is 7.99. The number of aromatic carboxylic acids is 1. The van der Waals surface area contributed by atoms with Crippen molar-refractivity contribution in [1.29, 1.82) is 0 Å². The number of hydrogen-bond acceptors (Lipinski definition) is 3. The van der Waals surface area contributed by atoms with Crippen LogP contribution in [0.4, 0.5) is 0 Å². The Morgan fingerprint density at radius 2 is 2.00 bits per heavy atom. The van der Waals surface area contributed by atoms with Crippen LogP contribution >= 0.6 is 11.8 Å². The number of carboxylic acid groups (broad SMARTS) is 1. The highest BCUT2D eigenvalue weighted by Crippen LogP contribution is 2.34. The van der Waals surface area contributed by atoms with Gasteiger partial charge in [-0.2, -0.15) is 5.10 Å². The van der Waals surface area contributed by atoms with Gasteiger partial charge in [0.15, 0.2) is 0 Å². The van der Waals surface area contributed by atoms with E-state index in [4.69, 9.17) is 0 Å². The number of hydrogen-bond donors (Lipinski definition) is 1. The maximum atomic E-state index is 11.3. The van der Waals surface area contributed by atoms with Gasteiger partial charge in [-0.1, -0.05) is 23.9 Å². The second-order valence-corrected chi connectivity index (χ2v) is 5.60. The summed E-state index contributed by atoms with van der Waals surface area (Å²) in [5.74, 6) is -0.932. The van der Waals surface area contributed by atoms with E-state index in [-0.39, 0.29) is 5.56 Å². The molecule has 0 atom stereocenters. The molecule has 5 heteroatoms. The van der Waals surface area contributed by atoms with Gasteiger partial charge < -0.3 is 5.11 Å². The fraction of sp³-hybridized carbons (Fsp3) is 0.286. The van der Waals surface area contributed by atoms with E-state index in [1.165, 1.54) is 11.8 Å². The summed E-state index contributed by atoms with van der Waals surface area (Å²) >= 11 is 1.45. The van der Waals surface area contributed by atoms with Crippen LogP contribution in [0.25, 0.3) is 0 Å². The topological polar surface area (TPSA) is 55.1 Å². The minimum atomic E-state index is -0.932. The lowest BCUT2D eigenvalue weighted by Gasteiger charge is -2.08. The Kier molecular flexibility index (Phi) is 3.66. The number of benzene rings is 1. The minimum absolute atomic E-state index is 0.286. The molecular formula is C14H16N2O2S. The normalized spacial score (nSPS) is 10.7. The first kappa shape index (κ1) is 13.7. The molecule has 0 saturated carbocycles.